The first-order valence-electron chi connectivity index (χ1n) is 10.1. The highest BCUT2D eigenvalue weighted by Crippen LogP contribution is 2.34. The van der Waals surface area contributed by atoms with E-state index in [0.717, 1.165) is 24.1 Å². The van der Waals surface area contributed by atoms with E-state index in [0.29, 0.717) is 0 Å². The Bertz CT molecular complexity index is 1050. The van der Waals surface area contributed by atoms with Gasteiger partial charge in [-0.25, -0.2) is 4.79 Å². The van der Waals surface area contributed by atoms with Gasteiger partial charge in [-0.05, 0) is 47.7 Å². The van der Waals surface area contributed by atoms with Gasteiger partial charge in [-0.15, -0.1) is 0 Å². The molecule has 1 heterocycles. The van der Waals surface area contributed by atoms with E-state index >= 15 is 0 Å². The Morgan fingerprint density at radius 3 is 2.44 bits per heavy atom. The number of hydrogen-bond acceptors (Lipinski definition) is 3. The van der Waals surface area contributed by atoms with Gasteiger partial charge < -0.3 is 14.6 Å². The van der Waals surface area contributed by atoms with Gasteiger partial charge in [-0.2, -0.15) is 13.2 Å². The lowest BCUT2D eigenvalue weighted by Crippen LogP contribution is -2.36. The Kier molecular flexibility index (Phi) is 7.51. The number of ether oxygens (including phenoxy) is 1. The van der Waals surface area contributed by atoms with Crippen LogP contribution in [0.3, 0.4) is 0 Å². The van der Waals surface area contributed by atoms with Crippen LogP contribution in [0, 0.1) is 5.92 Å². The molecule has 1 aromatic heterocycles. The molecule has 2 aromatic carbocycles. The molecule has 1 N–H and O–H groups in total. The number of nitrogens with zero attached hydrogens (tertiary/aromatic N) is 1. The van der Waals surface area contributed by atoms with Crippen LogP contribution in [0.1, 0.15) is 30.5 Å². The Hall–Kier alpha value is -2.93. The summed E-state index contributed by atoms with van der Waals surface area (Å²) in [6.45, 7) is 3.65. The first kappa shape index (κ1) is 23.7. The van der Waals surface area contributed by atoms with Gasteiger partial charge in [0.1, 0.15) is 6.04 Å². The van der Waals surface area contributed by atoms with Crippen molar-refractivity contribution in [1.29, 1.82) is 0 Å². The predicted octanol–water partition coefficient (Wildman–Crippen LogP) is 6.39. The first-order valence-corrected chi connectivity index (χ1v) is 10.5. The number of halogens is 4. The molecule has 0 bridgehead atoms. The van der Waals surface area contributed by atoms with E-state index in [1.54, 1.807) is 4.57 Å². The van der Waals surface area contributed by atoms with Crippen LogP contribution in [0.2, 0.25) is 5.02 Å². The molecule has 0 aliphatic carbocycles. The number of esters is 1. The van der Waals surface area contributed by atoms with E-state index in [-0.39, 0.29) is 23.4 Å². The Labute approximate surface area is 190 Å². The molecule has 32 heavy (non-hydrogen) atoms. The zero-order valence-electron chi connectivity index (χ0n) is 17.7. The van der Waals surface area contributed by atoms with Crippen molar-refractivity contribution in [3.05, 3.63) is 88.7 Å². The maximum absolute atomic E-state index is 12.8. The van der Waals surface area contributed by atoms with Gasteiger partial charge in [0.15, 0.2) is 6.73 Å². The molecule has 3 aromatic rings. The Morgan fingerprint density at radius 1 is 1.09 bits per heavy atom. The standard InChI is InChI=1S/C24H24ClF3N2O2/c1-16(2)22(29-21-9-8-19(13-20(21)25)24(26,27)28)23(31)32-15-30-11-10-18(14-30)12-17-6-4-3-5-7-17/h3-11,13-14,16,22,29H,12,15H2,1-2H3. The summed E-state index contributed by atoms with van der Waals surface area (Å²) < 4.78 is 45.8. The number of nitrogens with one attached hydrogen (secondary N) is 1. The summed E-state index contributed by atoms with van der Waals surface area (Å²) >= 11 is 6.01. The molecule has 170 valence electrons. The number of alkyl halides is 3. The van der Waals surface area contributed by atoms with Crippen molar-refractivity contribution in [2.45, 2.75) is 39.2 Å². The molecule has 8 heteroatoms. The van der Waals surface area contributed by atoms with Gasteiger partial charge >= 0.3 is 12.1 Å². The van der Waals surface area contributed by atoms with E-state index in [2.05, 4.69) is 5.32 Å². The number of carbonyl (C=O) groups excluding carboxylic acids is 1. The second-order valence-electron chi connectivity index (χ2n) is 7.85. The van der Waals surface area contributed by atoms with Gasteiger partial charge in [0.2, 0.25) is 0 Å². The molecule has 0 spiro atoms. The van der Waals surface area contributed by atoms with Crippen LogP contribution < -0.4 is 5.32 Å². The molecule has 0 saturated carbocycles. The topological polar surface area (TPSA) is 43.3 Å². The molecule has 0 saturated heterocycles. The lowest BCUT2D eigenvalue weighted by atomic mass is 10.0. The lowest BCUT2D eigenvalue weighted by molar-refractivity contribution is -0.149. The minimum Gasteiger partial charge on any atom is -0.442 e. The maximum Gasteiger partial charge on any atom is 0.416 e. The highest BCUT2D eigenvalue weighted by Gasteiger charge is 2.31. The van der Waals surface area contributed by atoms with Gasteiger partial charge in [0.25, 0.3) is 0 Å². The van der Waals surface area contributed by atoms with Crippen molar-refractivity contribution in [2.24, 2.45) is 5.92 Å². The van der Waals surface area contributed by atoms with Crippen LogP contribution in [0.4, 0.5) is 18.9 Å². The normalized spacial score (nSPS) is 12.6. The summed E-state index contributed by atoms with van der Waals surface area (Å²) in [5, 5.41) is 2.80. The van der Waals surface area contributed by atoms with Gasteiger partial charge in [0.05, 0.1) is 16.3 Å². The SMILES string of the molecule is CC(C)C(Nc1ccc(C(F)(F)F)cc1Cl)C(=O)OCn1ccc(Cc2ccccc2)c1. The van der Waals surface area contributed by atoms with Crippen molar-refractivity contribution in [3.63, 3.8) is 0 Å². The van der Waals surface area contributed by atoms with Crippen LogP contribution in [0.25, 0.3) is 0 Å². The summed E-state index contributed by atoms with van der Waals surface area (Å²) in [5.41, 5.74) is 1.65. The lowest BCUT2D eigenvalue weighted by Gasteiger charge is -2.23. The van der Waals surface area contributed by atoms with Crippen LogP contribution in [-0.4, -0.2) is 16.6 Å². The molecule has 0 amide bonds. The second kappa shape index (κ2) is 10.1. The minimum atomic E-state index is -4.49. The third-order valence-electron chi connectivity index (χ3n) is 4.95. The molecule has 0 radical (unpaired) electrons. The highest BCUT2D eigenvalue weighted by molar-refractivity contribution is 6.33. The fraction of sp³-hybridized carbons (Fsp3) is 0.292. The highest BCUT2D eigenvalue weighted by atomic mass is 35.5. The average Bonchev–Trinajstić information content (AvgIpc) is 3.18. The molecule has 0 aliphatic heterocycles. The quantitative estimate of drug-likeness (QED) is 0.393. The number of carbonyl (C=O) groups is 1. The number of rotatable bonds is 8. The average molecular weight is 465 g/mol. The van der Waals surface area contributed by atoms with Crippen LogP contribution in [-0.2, 0) is 28.9 Å². The molecule has 1 unspecified atom stereocenters. The largest absolute Gasteiger partial charge is 0.442 e. The smallest absolute Gasteiger partial charge is 0.416 e. The molecule has 0 aliphatic rings. The third kappa shape index (κ3) is 6.29. The fourth-order valence-corrected chi connectivity index (χ4v) is 3.44. The summed E-state index contributed by atoms with van der Waals surface area (Å²) in [6, 6.07) is 14.2. The number of anilines is 1. The Morgan fingerprint density at radius 2 is 1.81 bits per heavy atom. The van der Waals surface area contributed by atoms with Gasteiger partial charge in [-0.3, -0.25) is 0 Å². The molecule has 1 atom stereocenters. The van der Waals surface area contributed by atoms with E-state index in [1.807, 2.05) is 62.6 Å². The number of hydrogen-bond donors (Lipinski definition) is 1. The number of aromatic nitrogens is 1. The summed E-state index contributed by atoms with van der Waals surface area (Å²) in [4.78, 5) is 12.7. The van der Waals surface area contributed by atoms with Crippen molar-refractivity contribution < 1.29 is 22.7 Å². The molecular formula is C24H24ClF3N2O2. The monoisotopic (exact) mass is 464 g/mol. The van der Waals surface area contributed by atoms with E-state index in [4.69, 9.17) is 16.3 Å². The molecule has 0 fully saturated rings. The summed E-state index contributed by atoms with van der Waals surface area (Å²) in [7, 11) is 0. The predicted molar refractivity (Wildman–Crippen MR) is 118 cm³/mol. The minimum absolute atomic E-state index is 0.0271. The van der Waals surface area contributed by atoms with E-state index in [1.165, 1.54) is 11.6 Å². The number of benzene rings is 2. The van der Waals surface area contributed by atoms with Gasteiger partial charge in [-0.1, -0.05) is 55.8 Å². The second-order valence-corrected chi connectivity index (χ2v) is 8.25. The van der Waals surface area contributed by atoms with Crippen molar-refractivity contribution in [2.75, 3.05) is 5.32 Å². The summed E-state index contributed by atoms with van der Waals surface area (Å²) in [6.07, 6.45) is 0.0139. The van der Waals surface area contributed by atoms with Crippen LogP contribution >= 0.6 is 11.6 Å². The van der Waals surface area contributed by atoms with E-state index < -0.39 is 23.8 Å². The summed E-state index contributed by atoms with van der Waals surface area (Å²) in [5.74, 6) is -0.701. The third-order valence-corrected chi connectivity index (χ3v) is 5.26. The zero-order chi connectivity index (χ0) is 23.3. The van der Waals surface area contributed by atoms with Crippen LogP contribution in [0.5, 0.6) is 0 Å². The zero-order valence-corrected chi connectivity index (χ0v) is 18.5. The molecular weight excluding hydrogens is 441 g/mol. The molecule has 3 rings (SSSR count). The van der Waals surface area contributed by atoms with Crippen molar-refractivity contribution in [1.82, 2.24) is 4.57 Å². The van der Waals surface area contributed by atoms with Crippen molar-refractivity contribution in [3.8, 4) is 0 Å². The fourth-order valence-electron chi connectivity index (χ4n) is 3.21. The molecule has 4 nitrogen and oxygen atoms in total. The van der Waals surface area contributed by atoms with Crippen molar-refractivity contribution >= 4 is 23.3 Å². The first-order chi connectivity index (χ1) is 15.1. The van der Waals surface area contributed by atoms with Gasteiger partial charge in [0, 0.05) is 12.4 Å². The Balaban J connectivity index is 1.61. The van der Waals surface area contributed by atoms with E-state index in [9.17, 15) is 18.0 Å². The maximum atomic E-state index is 12.8. The van der Waals surface area contributed by atoms with Crippen LogP contribution in [0.15, 0.2) is 67.0 Å².